The lowest BCUT2D eigenvalue weighted by molar-refractivity contribution is 0.00679. The van der Waals surface area contributed by atoms with Gasteiger partial charge >= 0.3 is 0 Å². The number of nitrogens with zero attached hydrogens (tertiary/aromatic N) is 1. The molecular weight excluding hydrogens is 268 g/mol. The Balaban J connectivity index is 2.11. The molecule has 1 aliphatic heterocycles. The van der Waals surface area contributed by atoms with Gasteiger partial charge in [-0.2, -0.15) is 0 Å². The highest BCUT2D eigenvalue weighted by Gasteiger charge is 2.31. The maximum Gasteiger partial charge on any atom is 0.178 e. The summed E-state index contributed by atoms with van der Waals surface area (Å²) in [5.74, 6) is 0. The molecule has 2 heterocycles. The number of halogens is 1. The zero-order valence-corrected chi connectivity index (χ0v) is 11.8. The van der Waals surface area contributed by atoms with E-state index in [2.05, 4.69) is 16.5 Å². The monoisotopic (exact) mass is 282 g/mol. The van der Waals surface area contributed by atoms with E-state index < -0.39 is 0 Å². The Morgan fingerprint density at radius 1 is 1.56 bits per heavy atom. The van der Waals surface area contributed by atoms with E-state index in [-0.39, 0.29) is 5.60 Å². The molecule has 18 heavy (non-hydrogen) atoms. The van der Waals surface area contributed by atoms with E-state index in [1.807, 2.05) is 18.2 Å². The molecule has 0 radical (unpaired) electrons. The minimum Gasteiger partial charge on any atom is -0.373 e. The van der Waals surface area contributed by atoms with Gasteiger partial charge in [-0.3, -0.25) is 0 Å². The molecule has 0 spiro atoms. The standard InChI is InChI=1S/C13H15ClN2OS/c1-13(6-3-7-17-13)8-16-11-9(14)4-2-5-10(11)15-12(16)18/h2,4-5H,3,6-8H2,1H3,(H,15,18). The second-order valence-electron chi connectivity index (χ2n) is 5.05. The fourth-order valence-corrected chi connectivity index (χ4v) is 3.16. The Morgan fingerprint density at radius 3 is 3.11 bits per heavy atom. The van der Waals surface area contributed by atoms with Crippen molar-refractivity contribution < 1.29 is 4.74 Å². The third-order valence-corrected chi connectivity index (χ3v) is 4.16. The van der Waals surface area contributed by atoms with Gasteiger partial charge in [-0.05, 0) is 44.1 Å². The minimum absolute atomic E-state index is 0.132. The van der Waals surface area contributed by atoms with Gasteiger partial charge in [0.1, 0.15) is 0 Å². The minimum atomic E-state index is -0.132. The van der Waals surface area contributed by atoms with Crippen molar-refractivity contribution >= 4 is 34.9 Å². The highest BCUT2D eigenvalue weighted by molar-refractivity contribution is 7.71. The van der Waals surface area contributed by atoms with E-state index in [0.717, 1.165) is 42.0 Å². The summed E-state index contributed by atoms with van der Waals surface area (Å²) in [4.78, 5) is 3.20. The SMILES string of the molecule is CC1(Cn2c(=S)[nH]c3cccc(Cl)c32)CCCO1. The summed E-state index contributed by atoms with van der Waals surface area (Å²) >= 11 is 11.7. The van der Waals surface area contributed by atoms with E-state index in [0.29, 0.717) is 4.77 Å². The van der Waals surface area contributed by atoms with Crippen LogP contribution in [0.15, 0.2) is 18.2 Å². The lowest BCUT2D eigenvalue weighted by atomic mass is 10.0. The molecule has 1 unspecified atom stereocenters. The fourth-order valence-electron chi connectivity index (χ4n) is 2.62. The van der Waals surface area contributed by atoms with E-state index in [1.54, 1.807) is 0 Å². The Labute approximate surface area is 116 Å². The van der Waals surface area contributed by atoms with Crippen molar-refractivity contribution in [3.05, 3.63) is 28.0 Å². The topological polar surface area (TPSA) is 29.9 Å². The number of ether oxygens (including phenoxy) is 1. The lowest BCUT2D eigenvalue weighted by Gasteiger charge is -2.24. The van der Waals surface area contributed by atoms with Crippen LogP contribution in [0.4, 0.5) is 0 Å². The van der Waals surface area contributed by atoms with Crippen LogP contribution in [0.5, 0.6) is 0 Å². The molecule has 3 rings (SSSR count). The summed E-state index contributed by atoms with van der Waals surface area (Å²) in [5, 5.41) is 0.724. The third-order valence-electron chi connectivity index (χ3n) is 3.54. The molecule has 2 aromatic rings. The number of rotatable bonds is 2. The molecule has 0 bridgehead atoms. The van der Waals surface area contributed by atoms with Crippen LogP contribution in [0.2, 0.25) is 5.02 Å². The summed E-state index contributed by atoms with van der Waals surface area (Å²) in [6.07, 6.45) is 2.17. The van der Waals surface area contributed by atoms with Crippen molar-refractivity contribution in [1.29, 1.82) is 0 Å². The smallest absolute Gasteiger partial charge is 0.178 e. The lowest BCUT2D eigenvalue weighted by Crippen LogP contribution is -2.29. The highest BCUT2D eigenvalue weighted by atomic mass is 35.5. The van der Waals surface area contributed by atoms with Gasteiger partial charge in [0, 0.05) is 6.61 Å². The molecule has 0 aliphatic carbocycles. The fraction of sp³-hybridized carbons (Fsp3) is 0.462. The Kier molecular flexibility index (Phi) is 2.96. The molecule has 1 aromatic heterocycles. The number of H-pyrrole nitrogens is 1. The van der Waals surface area contributed by atoms with Gasteiger partial charge < -0.3 is 14.3 Å². The van der Waals surface area contributed by atoms with Gasteiger partial charge in [0.15, 0.2) is 4.77 Å². The molecule has 5 heteroatoms. The normalized spacial score (nSPS) is 23.9. The van der Waals surface area contributed by atoms with Crippen molar-refractivity contribution in [2.24, 2.45) is 0 Å². The summed E-state index contributed by atoms with van der Waals surface area (Å²) < 4.78 is 8.59. The molecule has 1 aromatic carbocycles. The molecule has 1 atom stereocenters. The van der Waals surface area contributed by atoms with Gasteiger partial charge in [-0.15, -0.1) is 0 Å². The van der Waals surface area contributed by atoms with Crippen LogP contribution in [-0.4, -0.2) is 21.8 Å². The molecule has 1 saturated heterocycles. The molecule has 3 nitrogen and oxygen atoms in total. The average molecular weight is 283 g/mol. The van der Waals surface area contributed by atoms with E-state index in [1.165, 1.54) is 0 Å². The first kappa shape index (κ1) is 12.2. The second-order valence-corrected chi connectivity index (χ2v) is 5.85. The number of nitrogens with one attached hydrogen (secondary N) is 1. The molecule has 0 amide bonds. The Hall–Kier alpha value is -0.840. The van der Waals surface area contributed by atoms with E-state index in [9.17, 15) is 0 Å². The summed E-state index contributed by atoms with van der Waals surface area (Å²) in [6, 6.07) is 5.81. The first-order valence-electron chi connectivity index (χ1n) is 6.10. The van der Waals surface area contributed by atoms with Crippen LogP contribution in [0, 0.1) is 4.77 Å². The first-order chi connectivity index (χ1) is 8.59. The van der Waals surface area contributed by atoms with Crippen LogP contribution >= 0.6 is 23.8 Å². The van der Waals surface area contributed by atoms with Crippen LogP contribution in [0.3, 0.4) is 0 Å². The van der Waals surface area contributed by atoms with Gasteiger partial charge in [0.25, 0.3) is 0 Å². The number of hydrogen-bond acceptors (Lipinski definition) is 2. The van der Waals surface area contributed by atoms with Crippen molar-refractivity contribution in [2.75, 3.05) is 6.61 Å². The number of hydrogen-bond donors (Lipinski definition) is 1. The predicted molar refractivity (Wildman–Crippen MR) is 75.7 cm³/mol. The van der Waals surface area contributed by atoms with Crippen LogP contribution < -0.4 is 0 Å². The first-order valence-corrected chi connectivity index (χ1v) is 6.89. The van der Waals surface area contributed by atoms with E-state index in [4.69, 9.17) is 28.6 Å². The maximum atomic E-state index is 6.28. The van der Waals surface area contributed by atoms with Crippen molar-refractivity contribution in [3.8, 4) is 0 Å². The number of aromatic nitrogens is 2. The highest BCUT2D eigenvalue weighted by Crippen LogP contribution is 2.30. The summed E-state index contributed by atoms with van der Waals surface area (Å²) in [7, 11) is 0. The zero-order chi connectivity index (χ0) is 12.8. The maximum absolute atomic E-state index is 6.28. The second kappa shape index (κ2) is 4.37. The number of imidazole rings is 1. The van der Waals surface area contributed by atoms with Crippen LogP contribution in [-0.2, 0) is 11.3 Å². The summed E-state index contributed by atoms with van der Waals surface area (Å²) in [5.41, 5.74) is 1.82. The molecule has 1 aliphatic rings. The number of aromatic amines is 1. The van der Waals surface area contributed by atoms with Gasteiger partial charge in [-0.1, -0.05) is 17.7 Å². The van der Waals surface area contributed by atoms with Gasteiger partial charge in [-0.25, -0.2) is 0 Å². The molecule has 1 fully saturated rings. The molecule has 96 valence electrons. The van der Waals surface area contributed by atoms with E-state index >= 15 is 0 Å². The van der Waals surface area contributed by atoms with Gasteiger partial charge in [0.2, 0.25) is 0 Å². The number of benzene rings is 1. The number of fused-ring (bicyclic) bond motifs is 1. The molecule has 0 saturated carbocycles. The van der Waals surface area contributed by atoms with Crippen molar-refractivity contribution in [3.63, 3.8) is 0 Å². The quantitative estimate of drug-likeness (QED) is 0.846. The third kappa shape index (κ3) is 1.98. The average Bonchev–Trinajstić information content (AvgIpc) is 2.86. The van der Waals surface area contributed by atoms with Gasteiger partial charge in [0.05, 0.1) is 28.2 Å². The molecule has 1 N–H and O–H groups in total. The zero-order valence-electron chi connectivity index (χ0n) is 10.2. The predicted octanol–water partition coefficient (Wildman–Crippen LogP) is 3.92. The van der Waals surface area contributed by atoms with Crippen LogP contribution in [0.1, 0.15) is 19.8 Å². The van der Waals surface area contributed by atoms with Crippen LogP contribution in [0.25, 0.3) is 11.0 Å². The van der Waals surface area contributed by atoms with Crippen molar-refractivity contribution in [2.45, 2.75) is 31.9 Å². The summed E-state index contributed by atoms with van der Waals surface area (Å²) in [6.45, 7) is 3.72. The Morgan fingerprint density at radius 2 is 2.39 bits per heavy atom. The van der Waals surface area contributed by atoms with Crippen molar-refractivity contribution in [1.82, 2.24) is 9.55 Å². The number of para-hydroxylation sites is 1. The molecular formula is C13H15ClN2OS. The Bertz CT molecular complexity index is 640. The largest absolute Gasteiger partial charge is 0.373 e.